The number of carbonyl (C=O) groups excluding carboxylic acids is 3. The number of hydrogen-bond acceptors (Lipinski definition) is 10. The van der Waals surface area contributed by atoms with Gasteiger partial charge in [0.05, 0.1) is 44.2 Å². The van der Waals surface area contributed by atoms with Crippen LogP contribution in [0.4, 0.5) is 0 Å². The summed E-state index contributed by atoms with van der Waals surface area (Å²) in [7, 11) is 0. The number of carbonyl (C=O) groups is 3. The first-order chi connectivity index (χ1) is 22.2. The van der Waals surface area contributed by atoms with Crippen molar-refractivity contribution in [3.8, 4) is 23.0 Å². The Bertz CT molecular complexity index is 1440. The lowest BCUT2D eigenvalue weighted by atomic mass is 9.90. The van der Waals surface area contributed by atoms with Gasteiger partial charge in [-0.3, -0.25) is 0 Å². The Kier molecular flexibility index (Phi) is 12.3. The maximum atomic E-state index is 12.7. The van der Waals surface area contributed by atoms with Crippen LogP contribution in [-0.2, 0) is 19.0 Å². The maximum Gasteiger partial charge on any atom is 0.343 e. The van der Waals surface area contributed by atoms with Crippen molar-refractivity contribution >= 4 is 17.9 Å². The Morgan fingerprint density at radius 2 is 1.35 bits per heavy atom. The van der Waals surface area contributed by atoms with Crippen LogP contribution in [0.5, 0.6) is 23.0 Å². The molecule has 4 rings (SSSR count). The molecule has 10 nitrogen and oxygen atoms in total. The fraction of sp³-hybridized carbons (Fsp3) is 0.361. The van der Waals surface area contributed by atoms with Crippen molar-refractivity contribution in [2.24, 2.45) is 11.3 Å². The van der Waals surface area contributed by atoms with Gasteiger partial charge in [-0.1, -0.05) is 33.8 Å². The normalized spacial score (nSPS) is 14.6. The minimum Gasteiger partial charge on any atom is -0.493 e. The monoisotopic (exact) mass is 632 g/mol. The minimum atomic E-state index is -0.555. The third-order valence-corrected chi connectivity index (χ3v) is 6.95. The highest BCUT2D eigenvalue weighted by atomic mass is 16.7. The van der Waals surface area contributed by atoms with Crippen LogP contribution in [0.25, 0.3) is 0 Å². The van der Waals surface area contributed by atoms with Crippen molar-refractivity contribution in [2.75, 3.05) is 33.0 Å². The second kappa shape index (κ2) is 16.6. The highest BCUT2D eigenvalue weighted by Crippen LogP contribution is 2.28. The summed E-state index contributed by atoms with van der Waals surface area (Å²) >= 11 is 0. The summed E-state index contributed by atoms with van der Waals surface area (Å²) in [5.74, 6) is 0.142. The number of rotatable bonds is 17. The van der Waals surface area contributed by atoms with Crippen LogP contribution >= 0.6 is 0 Å². The molecule has 10 heteroatoms. The Morgan fingerprint density at radius 3 is 1.83 bits per heavy atom. The van der Waals surface area contributed by atoms with Gasteiger partial charge in [0.1, 0.15) is 23.0 Å². The van der Waals surface area contributed by atoms with Gasteiger partial charge in [0.15, 0.2) is 6.29 Å². The summed E-state index contributed by atoms with van der Waals surface area (Å²) in [4.78, 5) is 36.5. The van der Waals surface area contributed by atoms with Crippen LogP contribution in [0.15, 0.2) is 85.5 Å². The van der Waals surface area contributed by atoms with Crippen LogP contribution in [0.1, 0.15) is 54.3 Å². The predicted molar refractivity (Wildman–Crippen MR) is 169 cm³/mol. The molecule has 1 saturated heterocycles. The number of esters is 3. The number of benzene rings is 3. The molecule has 3 aromatic rings. The van der Waals surface area contributed by atoms with Crippen LogP contribution in [0.2, 0.25) is 0 Å². The first kappa shape index (κ1) is 34.2. The largest absolute Gasteiger partial charge is 0.493 e. The lowest BCUT2D eigenvalue weighted by molar-refractivity contribution is -0.179. The molecule has 0 bridgehead atoms. The summed E-state index contributed by atoms with van der Waals surface area (Å²) < 4.78 is 38.9. The molecular formula is C36H40O10. The molecular weight excluding hydrogens is 592 g/mol. The quantitative estimate of drug-likeness (QED) is 0.0714. The van der Waals surface area contributed by atoms with Crippen molar-refractivity contribution in [3.63, 3.8) is 0 Å². The van der Waals surface area contributed by atoms with E-state index in [9.17, 15) is 14.4 Å². The van der Waals surface area contributed by atoms with Gasteiger partial charge in [0.2, 0.25) is 0 Å². The summed E-state index contributed by atoms with van der Waals surface area (Å²) in [5, 5.41) is 0. The summed E-state index contributed by atoms with van der Waals surface area (Å²) in [5.41, 5.74) is 0.712. The van der Waals surface area contributed by atoms with Gasteiger partial charge in [-0.05, 0) is 72.8 Å². The zero-order valence-electron chi connectivity index (χ0n) is 26.4. The second-order valence-corrected chi connectivity index (χ2v) is 11.5. The van der Waals surface area contributed by atoms with Crippen LogP contribution in [0, 0.1) is 11.3 Å². The highest BCUT2D eigenvalue weighted by molar-refractivity contribution is 5.92. The molecule has 0 radical (unpaired) electrons. The molecule has 3 aromatic carbocycles. The van der Waals surface area contributed by atoms with E-state index in [1.807, 2.05) is 6.92 Å². The summed E-state index contributed by atoms with van der Waals surface area (Å²) in [6.07, 6.45) is 2.37. The van der Waals surface area contributed by atoms with E-state index in [-0.39, 0.29) is 30.0 Å². The summed E-state index contributed by atoms with van der Waals surface area (Å²) in [6.45, 7) is 11.9. The van der Waals surface area contributed by atoms with Gasteiger partial charge in [0, 0.05) is 23.8 Å². The fourth-order valence-electron chi connectivity index (χ4n) is 4.23. The average Bonchev–Trinajstić information content (AvgIpc) is 3.05. The topological polar surface area (TPSA) is 116 Å². The van der Waals surface area contributed by atoms with E-state index in [0.29, 0.717) is 54.8 Å². The van der Waals surface area contributed by atoms with E-state index in [4.69, 9.17) is 33.2 Å². The van der Waals surface area contributed by atoms with E-state index < -0.39 is 17.9 Å². The van der Waals surface area contributed by atoms with Crippen molar-refractivity contribution in [1.29, 1.82) is 0 Å². The van der Waals surface area contributed by atoms with Crippen LogP contribution < -0.4 is 18.9 Å². The third kappa shape index (κ3) is 10.5. The molecule has 1 aliphatic rings. The van der Waals surface area contributed by atoms with Gasteiger partial charge in [-0.2, -0.15) is 0 Å². The van der Waals surface area contributed by atoms with E-state index in [2.05, 4.69) is 20.4 Å². The fourth-order valence-corrected chi connectivity index (χ4v) is 4.23. The van der Waals surface area contributed by atoms with Gasteiger partial charge in [0.25, 0.3) is 0 Å². The van der Waals surface area contributed by atoms with E-state index in [1.165, 1.54) is 0 Å². The van der Waals surface area contributed by atoms with Crippen LogP contribution in [0.3, 0.4) is 0 Å². The Labute approximate surface area is 269 Å². The Morgan fingerprint density at radius 1 is 0.826 bits per heavy atom. The summed E-state index contributed by atoms with van der Waals surface area (Å²) in [6, 6.07) is 19.4. The van der Waals surface area contributed by atoms with Crippen molar-refractivity contribution in [1.82, 2.24) is 0 Å². The smallest absolute Gasteiger partial charge is 0.343 e. The molecule has 1 fully saturated rings. The van der Waals surface area contributed by atoms with Gasteiger partial charge >= 0.3 is 17.9 Å². The number of hydrogen-bond donors (Lipinski definition) is 0. The lowest BCUT2D eigenvalue weighted by Crippen LogP contribution is -2.44. The molecule has 2 unspecified atom stereocenters. The molecule has 0 amide bonds. The van der Waals surface area contributed by atoms with Crippen molar-refractivity contribution < 1.29 is 47.5 Å². The third-order valence-electron chi connectivity index (χ3n) is 6.95. The molecule has 0 aliphatic carbocycles. The first-order valence-electron chi connectivity index (χ1n) is 15.2. The molecule has 0 aromatic heterocycles. The molecule has 2 atom stereocenters. The van der Waals surface area contributed by atoms with E-state index >= 15 is 0 Å². The minimum absolute atomic E-state index is 0.0260. The molecule has 0 N–H and O–H groups in total. The maximum absolute atomic E-state index is 12.7. The Hall–Kier alpha value is -4.67. The first-order valence-corrected chi connectivity index (χ1v) is 15.2. The molecule has 1 heterocycles. The molecule has 1 aliphatic heterocycles. The highest BCUT2D eigenvalue weighted by Gasteiger charge is 2.34. The lowest BCUT2D eigenvalue weighted by Gasteiger charge is -2.38. The molecule has 46 heavy (non-hydrogen) atoms. The Balaban J connectivity index is 1.22. The predicted octanol–water partition coefficient (Wildman–Crippen LogP) is 6.43. The number of ether oxygens (including phenoxy) is 7. The van der Waals surface area contributed by atoms with E-state index in [0.717, 1.165) is 18.9 Å². The second-order valence-electron chi connectivity index (χ2n) is 11.5. The SMILES string of the molecule is C=CC(=O)OCC(C)COc1ccc(C(=O)Oc2ccc(OC(=O)c3ccc(OC(CCC)OCC4(C)COC4)cc3)cc2)cc1. The van der Waals surface area contributed by atoms with Crippen LogP contribution in [-0.4, -0.2) is 57.2 Å². The standard InChI is InChI=1S/C36H40O10/c1-5-7-33(43-24-36(4)22-40-23-36)44-29-14-10-27(11-15-29)35(39)46-31-18-16-30(17-19-31)45-34(38)26-8-12-28(13-9-26)41-20-25(3)21-42-32(37)6-2/h6,8-19,25,33H,2,5,7,20-24H2,1,3-4H3. The molecule has 244 valence electrons. The zero-order chi connectivity index (χ0) is 32.9. The molecule has 0 spiro atoms. The average molecular weight is 633 g/mol. The van der Waals surface area contributed by atoms with E-state index in [1.54, 1.807) is 72.8 Å². The zero-order valence-corrected chi connectivity index (χ0v) is 26.4. The van der Waals surface area contributed by atoms with Gasteiger partial charge < -0.3 is 33.2 Å². The van der Waals surface area contributed by atoms with Gasteiger partial charge in [-0.25, -0.2) is 14.4 Å². The van der Waals surface area contributed by atoms with Gasteiger partial charge in [-0.15, -0.1) is 0 Å². The van der Waals surface area contributed by atoms with Crippen molar-refractivity contribution in [3.05, 3.63) is 96.6 Å². The van der Waals surface area contributed by atoms with Crippen molar-refractivity contribution in [2.45, 2.75) is 39.9 Å². The molecule has 0 saturated carbocycles.